The van der Waals surface area contributed by atoms with Gasteiger partial charge in [0.05, 0.1) is 19.8 Å². The molecule has 1 amide bonds. The number of ether oxygens (including phenoxy) is 3. The van der Waals surface area contributed by atoms with Crippen molar-refractivity contribution in [3.05, 3.63) is 0 Å². The second kappa shape index (κ2) is 8.31. The van der Waals surface area contributed by atoms with Gasteiger partial charge < -0.3 is 19.1 Å². The summed E-state index contributed by atoms with van der Waals surface area (Å²) < 4.78 is 16.5. The first-order valence-corrected chi connectivity index (χ1v) is 8.80. The van der Waals surface area contributed by atoms with Crippen molar-refractivity contribution < 1.29 is 19.0 Å². The fraction of sp³-hybridized carbons (Fsp3) is 0.941. The van der Waals surface area contributed by atoms with Gasteiger partial charge >= 0.3 is 6.09 Å². The van der Waals surface area contributed by atoms with Crippen molar-refractivity contribution in [2.24, 2.45) is 0 Å². The molecule has 6 heteroatoms. The van der Waals surface area contributed by atoms with Crippen LogP contribution in [-0.4, -0.2) is 79.6 Å². The number of hydrogen-bond donors (Lipinski definition) is 0. The molecule has 0 aromatic heterocycles. The van der Waals surface area contributed by atoms with Crippen molar-refractivity contribution in [3.63, 3.8) is 0 Å². The molecule has 2 heterocycles. The molecule has 2 rings (SSSR count). The van der Waals surface area contributed by atoms with Gasteiger partial charge in [-0.25, -0.2) is 4.79 Å². The lowest BCUT2D eigenvalue weighted by Gasteiger charge is -2.35. The third-order valence-corrected chi connectivity index (χ3v) is 4.23. The highest BCUT2D eigenvalue weighted by Crippen LogP contribution is 2.31. The quantitative estimate of drug-likeness (QED) is 0.639. The summed E-state index contributed by atoms with van der Waals surface area (Å²) in [6.45, 7) is 13.3. The molecular formula is C17H32N2O4. The van der Waals surface area contributed by atoms with Crippen molar-refractivity contribution in [2.45, 2.75) is 58.2 Å². The summed E-state index contributed by atoms with van der Waals surface area (Å²) in [5, 5.41) is 0. The average molecular weight is 328 g/mol. The van der Waals surface area contributed by atoms with E-state index in [9.17, 15) is 4.79 Å². The van der Waals surface area contributed by atoms with Gasteiger partial charge in [-0.3, -0.25) is 4.90 Å². The second-order valence-corrected chi connectivity index (χ2v) is 7.40. The smallest absolute Gasteiger partial charge is 0.410 e. The van der Waals surface area contributed by atoms with Crippen LogP contribution in [0.1, 0.15) is 40.5 Å². The van der Waals surface area contributed by atoms with Crippen molar-refractivity contribution in [3.8, 4) is 0 Å². The van der Waals surface area contributed by atoms with E-state index in [0.717, 1.165) is 45.7 Å². The largest absolute Gasteiger partial charge is 0.444 e. The van der Waals surface area contributed by atoms with E-state index < -0.39 is 5.60 Å². The molecule has 2 saturated heterocycles. The van der Waals surface area contributed by atoms with Gasteiger partial charge in [0.15, 0.2) is 0 Å². The number of rotatable bonds is 8. The minimum Gasteiger partial charge on any atom is -0.444 e. The summed E-state index contributed by atoms with van der Waals surface area (Å²) in [6.07, 6.45) is 1.93. The second-order valence-electron chi connectivity index (χ2n) is 7.40. The third kappa shape index (κ3) is 5.62. The summed E-state index contributed by atoms with van der Waals surface area (Å²) in [4.78, 5) is 16.5. The summed E-state index contributed by atoms with van der Waals surface area (Å²) in [6, 6.07) is 0.746. The number of nitrogens with zero attached hydrogens (tertiary/aromatic N) is 2. The maximum atomic E-state index is 12.2. The first-order chi connectivity index (χ1) is 10.9. The average Bonchev–Trinajstić information content (AvgIpc) is 3.04. The van der Waals surface area contributed by atoms with Crippen LogP contribution in [0.5, 0.6) is 0 Å². The van der Waals surface area contributed by atoms with E-state index in [0.29, 0.717) is 25.3 Å². The molecule has 23 heavy (non-hydrogen) atoms. The number of likely N-dealkylation sites (tertiary alicyclic amines) is 2. The Hall–Kier alpha value is -0.850. The molecule has 0 aliphatic carbocycles. The molecule has 0 spiro atoms. The van der Waals surface area contributed by atoms with Crippen LogP contribution < -0.4 is 0 Å². The van der Waals surface area contributed by atoms with Gasteiger partial charge in [0.1, 0.15) is 5.60 Å². The predicted molar refractivity (Wildman–Crippen MR) is 88.6 cm³/mol. The molecule has 2 bridgehead atoms. The standard InChI is InChI=1S/C17H32N2O4/c1-5-7-21-9-10-22-8-6-18-12-15-11-14(18)13-19(15)16(20)23-17(2,3)4/h14-15H,5-13H2,1-4H3/t14-,15-/m0/s1. The topological polar surface area (TPSA) is 51.2 Å². The summed E-state index contributed by atoms with van der Waals surface area (Å²) in [5.74, 6) is 0. The number of carbonyl (C=O) groups excluding carboxylic acids is 1. The zero-order valence-corrected chi connectivity index (χ0v) is 15.0. The maximum absolute atomic E-state index is 12.2. The Balaban J connectivity index is 1.61. The molecule has 0 aromatic rings. The van der Waals surface area contributed by atoms with Gasteiger partial charge in [-0.15, -0.1) is 0 Å². The lowest BCUT2D eigenvalue weighted by Crippen LogP contribution is -2.50. The highest BCUT2D eigenvalue weighted by Gasteiger charge is 2.46. The molecule has 0 aromatic carbocycles. The molecule has 0 saturated carbocycles. The van der Waals surface area contributed by atoms with Crippen LogP contribution in [0, 0.1) is 0 Å². The van der Waals surface area contributed by atoms with Crippen LogP contribution in [0.25, 0.3) is 0 Å². The fourth-order valence-corrected chi connectivity index (χ4v) is 3.22. The molecule has 2 aliphatic rings. The normalized spacial score (nSPS) is 24.4. The van der Waals surface area contributed by atoms with Gasteiger partial charge in [-0.2, -0.15) is 0 Å². The highest BCUT2D eigenvalue weighted by molar-refractivity contribution is 5.69. The zero-order valence-electron chi connectivity index (χ0n) is 15.0. The fourth-order valence-electron chi connectivity index (χ4n) is 3.22. The number of piperazine rings is 1. The predicted octanol–water partition coefficient (Wildman–Crippen LogP) is 2.12. The van der Waals surface area contributed by atoms with E-state index in [1.165, 1.54) is 0 Å². The third-order valence-electron chi connectivity index (χ3n) is 4.23. The van der Waals surface area contributed by atoms with Crippen LogP contribution in [0.2, 0.25) is 0 Å². The number of carbonyl (C=O) groups is 1. The molecule has 6 nitrogen and oxygen atoms in total. The monoisotopic (exact) mass is 328 g/mol. The van der Waals surface area contributed by atoms with E-state index in [2.05, 4.69) is 11.8 Å². The minimum absolute atomic E-state index is 0.172. The van der Waals surface area contributed by atoms with Crippen LogP contribution >= 0.6 is 0 Å². The van der Waals surface area contributed by atoms with Crippen LogP contribution in [0.15, 0.2) is 0 Å². The van der Waals surface area contributed by atoms with Crippen LogP contribution in [-0.2, 0) is 14.2 Å². The van der Waals surface area contributed by atoms with Gasteiger partial charge in [0.25, 0.3) is 0 Å². The molecule has 2 fully saturated rings. The van der Waals surface area contributed by atoms with E-state index >= 15 is 0 Å². The van der Waals surface area contributed by atoms with Crippen molar-refractivity contribution in [1.29, 1.82) is 0 Å². The van der Waals surface area contributed by atoms with E-state index in [1.54, 1.807) is 0 Å². The molecular weight excluding hydrogens is 296 g/mol. The lowest BCUT2D eigenvalue weighted by atomic mass is 10.2. The van der Waals surface area contributed by atoms with Crippen LogP contribution in [0.3, 0.4) is 0 Å². The van der Waals surface area contributed by atoms with Crippen LogP contribution in [0.4, 0.5) is 4.79 Å². The Morgan fingerprint density at radius 2 is 1.74 bits per heavy atom. The van der Waals surface area contributed by atoms with E-state index in [4.69, 9.17) is 14.2 Å². The van der Waals surface area contributed by atoms with Gasteiger partial charge in [-0.05, 0) is 33.6 Å². The van der Waals surface area contributed by atoms with Gasteiger partial charge in [-0.1, -0.05) is 6.92 Å². The molecule has 0 unspecified atom stereocenters. The Labute approximate surface area is 140 Å². The van der Waals surface area contributed by atoms with Gasteiger partial charge in [0.2, 0.25) is 0 Å². The summed E-state index contributed by atoms with van der Waals surface area (Å²) in [5.41, 5.74) is -0.424. The molecule has 2 atom stereocenters. The van der Waals surface area contributed by atoms with Crippen molar-refractivity contribution in [2.75, 3.05) is 46.1 Å². The summed E-state index contributed by atoms with van der Waals surface area (Å²) >= 11 is 0. The number of amides is 1. The SMILES string of the molecule is CCCOCCOCCN1C[C@@H]2C[C@H]1CN2C(=O)OC(C)(C)C. The minimum atomic E-state index is -0.424. The Kier molecular flexibility index (Phi) is 6.68. The Morgan fingerprint density at radius 3 is 2.30 bits per heavy atom. The first-order valence-electron chi connectivity index (χ1n) is 8.80. The Bertz CT molecular complexity index is 383. The Morgan fingerprint density at radius 1 is 1.04 bits per heavy atom. The highest BCUT2D eigenvalue weighted by atomic mass is 16.6. The maximum Gasteiger partial charge on any atom is 0.410 e. The van der Waals surface area contributed by atoms with E-state index in [1.807, 2.05) is 25.7 Å². The first kappa shape index (κ1) is 18.5. The molecule has 0 radical (unpaired) electrons. The van der Waals surface area contributed by atoms with Gasteiger partial charge in [0, 0.05) is 38.3 Å². The lowest BCUT2D eigenvalue weighted by molar-refractivity contribution is 0.00708. The van der Waals surface area contributed by atoms with Crippen molar-refractivity contribution >= 4 is 6.09 Å². The number of hydrogen-bond acceptors (Lipinski definition) is 5. The molecule has 134 valence electrons. The zero-order chi connectivity index (χ0) is 16.9. The number of fused-ring (bicyclic) bond motifs is 2. The molecule has 2 aliphatic heterocycles. The summed E-state index contributed by atoms with van der Waals surface area (Å²) in [7, 11) is 0. The molecule has 0 N–H and O–H groups in total. The van der Waals surface area contributed by atoms with Crippen molar-refractivity contribution in [1.82, 2.24) is 9.80 Å². The van der Waals surface area contributed by atoms with E-state index in [-0.39, 0.29) is 6.09 Å².